The third-order valence-electron chi connectivity index (χ3n) is 3.30. The SMILES string of the molecule is C=CCC(F)(F)CCS(=O)(=O)NC1CCC(N)CC1. The molecule has 0 aromatic carbocycles. The number of rotatable bonds is 7. The smallest absolute Gasteiger partial charge is 0.252 e. The molecule has 0 amide bonds. The van der Waals surface area contributed by atoms with Gasteiger partial charge < -0.3 is 5.73 Å². The van der Waals surface area contributed by atoms with Crippen LogP contribution < -0.4 is 10.5 Å². The molecule has 0 saturated heterocycles. The summed E-state index contributed by atoms with van der Waals surface area (Å²) in [6.45, 7) is 3.23. The van der Waals surface area contributed by atoms with E-state index in [1.807, 2.05) is 0 Å². The van der Waals surface area contributed by atoms with Crippen molar-refractivity contribution in [1.29, 1.82) is 0 Å². The molecular formula is C12H22F2N2O2S. The van der Waals surface area contributed by atoms with E-state index < -0.39 is 34.5 Å². The van der Waals surface area contributed by atoms with E-state index in [2.05, 4.69) is 11.3 Å². The van der Waals surface area contributed by atoms with Crippen molar-refractivity contribution in [2.24, 2.45) is 5.73 Å². The van der Waals surface area contributed by atoms with Crippen molar-refractivity contribution in [3.8, 4) is 0 Å². The molecule has 0 unspecified atom stereocenters. The number of alkyl halides is 2. The molecule has 1 fully saturated rings. The summed E-state index contributed by atoms with van der Waals surface area (Å²) in [5.74, 6) is -3.57. The minimum atomic E-state index is -3.66. The summed E-state index contributed by atoms with van der Waals surface area (Å²) >= 11 is 0. The minimum Gasteiger partial charge on any atom is -0.328 e. The molecule has 19 heavy (non-hydrogen) atoms. The number of sulfonamides is 1. The second-order valence-electron chi connectivity index (χ2n) is 5.15. The van der Waals surface area contributed by atoms with Gasteiger partial charge in [0.1, 0.15) is 0 Å². The van der Waals surface area contributed by atoms with Crippen molar-refractivity contribution in [3.63, 3.8) is 0 Å². The summed E-state index contributed by atoms with van der Waals surface area (Å²) in [6.07, 6.45) is 2.79. The van der Waals surface area contributed by atoms with Crippen molar-refractivity contribution in [3.05, 3.63) is 12.7 Å². The van der Waals surface area contributed by atoms with Gasteiger partial charge >= 0.3 is 0 Å². The molecule has 0 radical (unpaired) electrons. The Balaban J connectivity index is 2.41. The first-order valence-corrected chi connectivity index (χ1v) is 8.13. The van der Waals surface area contributed by atoms with E-state index in [-0.39, 0.29) is 12.1 Å². The van der Waals surface area contributed by atoms with Gasteiger partial charge in [0.25, 0.3) is 5.92 Å². The van der Waals surface area contributed by atoms with Crippen molar-refractivity contribution in [2.45, 2.75) is 56.5 Å². The molecule has 4 nitrogen and oxygen atoms in total. The van der Waals surface area contributed by atoms with Crippen LogP contribution in [0.3, 0.4) is 0 Å². The summed E-state index contributed by atoms with van der Waals surface area (Å²) in [5, 5.41) is 0. The molecule has 0 aromatic heterocycles. The summed E-state index contributed by atoms with van der Waals surface area (Å²) in [5.41, 5.74) is 5.72. The first kappa shape index (κ1) is 16.5. The van der Waals surface area contributed by atoms with Crippen molar-refractivity contribution in [2.75, 3.05) is 5.75 Å². The Bertz CT molecular complexity index is 391. The molecule has 0 heterocycles. The molecular weight excluding hydrogens is 274 g/mol. The van der Waals surface area contributed by atoms with Crippen LogP contribution in [0.15, 0.2) is 12.7 Å². The average molecular weight is 296 g/mol. The van der Waals surface area contributed by atoms with Crippen LogP contribution in [0.5, 0.6) is 0 Å². The second-order valence-corrected chi connectivity index (χ2v) is 7.02. The maximum absolute atomic E-state index is 13.2. The van der Waals surface area contributed by atoms with Gasteiger partial charge in [-0.25, -0.2) is 21.9 Å². The van der Waals surface area contributed by atoms with Crippen LogP contribution in [-0.4, -0.2) is 32.2 Å². The quantitative estimate of drug-likeness (QED) is 0.703. The van der Waals surface area contributed by atoms with E-state index >= 15 is 0 Å². The van der Waals surface area contributed by atoms with Crippen LogP contribution in [0.25, 0.3) is 0 Å². The van der Waals surface area contributed by atoms with Gasteiger partial charge in [-0.3, -0.25) is 0 Å². The Morgan fingerprint density at radius 2 is 1.89 bits per heavy atom. The highest BCUT2D eigenvalue weighted by Crippen LogP contribution is 2.24. The van der Waals surface area contributed by atoms with Gasteiger partial charge in [-0.05, 0) is 25.7 Å². The zero-order valence-electron chi connectivity index (χ0n) is 10.9. The van der Waals surface area contributed by atoms with Gasteiger partial charge in [-0.15, -0.1) is 6.58 Å². The number of allylic oxidation sites excluding steroid dienone is 1. The predicted octanol–water partition coefficient (Wildman–Crippen LogP) is 1.78. The molecule has 0 bridgehead atoms. The predicted molar refractivity (Wildman–Crippen MR) is 71.5 cm³/mol. The minimum absolute atomic E-state index is 0.123. The number of nitrogens with one attached hydrogen (secondary N) is 1. The van der Waals surface area contributed by atoms with Gasteiger partial charge in [0.05, 0.1) is 5.75 Å². The highest BCUT2D eigenvalue weighted by atomic mass is 32.2. The van der Waals surface area contributed by atoms with Gasteiger partial charge in [0.2, 0.25) is 10.0 Å². The highest BCUT2D eigenvalue weighted by Gasteiger charge is 2.30. The lowest BCUT2D eigenvalue weighted by Crippen LogP contribution is -2.42. The van der Waals surface area contributed by atoms with Gasteiger partial charge in [0, 0.05) is 24.9 Å². The standard InChI is InChI=1S/C12H22F2N2O2S/c1-2-7-12(13,14)8-9-19(17,18)16-11-5-3-10(15)4-6-11/h2,10-11,16H,1,3-9,15H2. The van der Waals surface area contributed by atoms with Gasteiger partial charge in [0.15, 0.2) is 0 Å². The maximum Gasteiger partial charge on any atom is 0.252 e. The summed E-state index contributed by atoms with van der Waals surface area (Å²) in [7, 11) is -3.66. The number of nitrogens with two attached hydrogens (primary N) is 1. The first-order valence-electron chi connectivity index (χ1n) is 6.48. The molecule has 0 atom stereocenters. The number of hydrogen-bond acceptors (Lipinski definition) is 3. The van der Waals surface area contributed by atoms with Crippen LogP contribution in [0, 0.1) is 0 Å². The molecule has 1 aliphatic carbocycles. The third-order valence-corrected chi connectivity index (χ3v) is 4.73. The molecule has 3 N–H and O–H groups in total. The van der Waals surface area contributed by atoms with E-state index in [0.717, 1.165) is 18.9 Å². The number of halogens is 2. The van der Waals surface area contributed by atoms with E-state index in [1.54, 1.807) is 0 Å². The fraction of sp³-hybridized carbons (Fsp3) is 0.833. The lowest BCUT2D eigenvalue weighted by atomic mass is 9.93. The fourth-order valence-electron chi connectivity index (χ4n) is 2.15. The first-order chi connectivity index (χ1) is 8.74. The van der Waals surface area contributed by atoms with E-state index in [0.29, 0.717) is 12.8 Å². The van der Waals surface area contributed by atoms with Crippen LogP contribution in [0.2, 0.25) is 0 Å². The summed E-state index contributed by atoms with van der Waals surface area (Å²) < 4.78 is 52.4. The fourth-order valence-corrected chi connectivity index (χ4v) is 3.58. The van der Waals surface area contributed by atoms with Crippen molar-refractivity contribution < 1.29 is 17.2 Å². The van der Waals surface area contributed by atoms with Crippen molar-refractivity contribution >= 4 is 10.0 Å². The molecule has 112 valence electrons. The third kappa shape index (κ3) is 6.44. The van der Waals surface area contributed by atoms with Crippen LogP contribution >= 0.6 is 0 Å². The highest BCUT2D eigenvalue weighted by molar-refractivity contribution is 7.89. The van der Waals surface area contributed by atoms with Gasteiger partial charge in [-0.1, -0.05) is 6.08 Å². The van der Waals surface area contributed by atoms with E-state index in [1.165, 1.54) is 0 Å². The van der Waals surface area contributed by atoms with E-state index in [4.69, 9.17) is 5.73 Å². The molecule has 7 heteroatoms. The monoisotopic (exact) mass is 296 g/mol. The Morgan fingerprint density at radius 1 is 1.32 bits per heavy atom. The van der Waals surface area contributed by atoms with Crippen molar-refractivity contribution in [1.82, 2.24) is 4.72 Å². The van der Waals surface area contributed by atoms with Gasteiger partial charge in [-0.2, -0.15) is 0 Å². The molecule has 1 aliphatic rings. The summed E-state index contributed by atoms with van der Waals surface area (Å²) in [6, 6.07) is -0.0458. The average Bonchev–Trinajstić information content (AvgIpc) is 2.30. The van der Waals surface area contributed by atoms with Crippen LogP contribution in [0.4, 0.5) is 8.78 Å². The molecule has 1 saturated carbocycles. The largest absolute Gasteiger partial charge is 0.328 e. The molecule has 0 aliphatic heterocycles. The zero-order valence-corrected chi connectivity index (χ0v) is 11.8. The Labute approximate surface area is 113 Å². The topological polar surface area (TPSA) is 72.2 Å². The maximum atomic E-state index is 13.2. The van der Waals surface area contributed by atoms with Crippen LogP contribution in [0.1, 0.15) is 38.5 Å². The summed E-state index contributed by atoms with van der Waals surface area (Å²) in [4.78, 5) is 0. The second kappa shape index (κ2) is 6.76. The Morgan fingerprint density at radius 3 is 2.42 bits per heavy atom. The lowest BCUT2D eigenvalue weighted by molar-refractivity contribution is 0.00136. The Hall–Kier alpha value is -0.530. The normalized spacial score (nSPS) is 25.2. The Kier molecular flexibility index (Phi) is 5.88. The van der Waals surface area contributed by atoms with E-state index in [9.17, 15) is 17.2 Å². The number of hydrogen-bond donors (Lipinski definition) is 2. The zero-order chi connectivity index (χ0) is 14.5. The molecule has 0 spiro atoms. The molecule has 1 rings (SSSR count). The molecule has 0 aromatic rings. The lowest BCUT2D eigenvalue weighted by Gasteiger charge is -2.26. The van der Waals surface area contributed by atoms with Crippen LogP contribution in [-0.2, 0) is 10.0 Å².